The van der Waals surface area contributed by atoms with Crippen molar-refractivity contribution in [3.05, 3.63) is 29.8 Å². The summed E-state index contributed by atoms with van der Waals surface area (Å²) in [5.74, 6) is 0.632. The molecule has 1 fully saturated rings. The first-order valence-electron chi connectivity index (χ1n) is 8.01. The quantitative estimate of drug-likeness (QED) is 0.787. The smallest absolute Gasteiger partial charge is 0.269 e. The average molecular weight is 320 g/mol. The number of carbonyl (C=O) groups is 2. The van der Waals surface area contributed by atoms with E-state index in [0.29, 0.717) is 31.1 Å². The Morgan fingerprint density at radius 3 is 2.61 bits per heavy atom. The third kappa shape index (κ3) is 5.56. The van der Waals surface area contributed by atoms with Gasteiger partial charge in [-0.1, -0.05) is 13.8 Å². The second kappa shape index (κ2) is 8.53. The first-order valence-corrected chi connectivity index (χ1v) is 8.01. The first-order chi connectivity index (χ1) is 11.1. The minimum atomic E-state index is -0.466. The maximum Gasteiger partial charge on any atom is 0.269 e. The maximum atomic E-state index is 12.0. The van der Waals surface area contributed by atoms with Gasteiger partial charge in [0.15, 0.2) is 0 Å². The largest absolute Gasteiger partial charge is 0.494 e. The molecule has 1 aromatic rings. The van der Waals surface area contributed by atoms with E-state index in [1.165, 1.54) is 0 Å². The second-order valence-corrected chi connectivity index (χ2v) is 6.00. The van der Waals surface area contributed by atoms with Crippen LogP contribution < -0.4 is 15.6 Å². The van der Waals surface area contributed by atoms with Crippen molar-refractivity contribution >= 4 is 11.8 Å². The van der Waals surface area contributed by atoms with E-state index in [4.69, 9.17) is 9.47 Å². The van der Waals surface area contributed by atoms with Crippen LogP contribution in [0, 0.1) is 5.92 Å². The van der Waals surface area contributed by atoms with E-state index >= 15 is 0 Å². The van der Waals surface area contributed by atoms with E-state index in [-0.39, 0.29) is 11.8 Å². The molecule has 1 aliphatic heterocycles. The van der Waals surface area contributed by atoms with Gasteiger partial charge in [0.1, 0.15) is 11.9 Å². The van der Waals surface area contributed by atoms with Gasteiger partial charge in [0, 0.05) is 12.2 Å². The molecule has 2 amide bonds. The SMILES string of the molecule is CC(C)CCOc1ccc(C(=O)NNC(=O)C2CCCO2)cc1. The number of carbonyl (C=O) groups excluding carboxylic acids is 2. The Balaban J connectivity index is 1.77. The molecule has 0 aromatic heterocycles. The van der Waals surface area contributed by atoms with Gasteiger partial charge >= 0.3 is 0 Å². The van der Waals surface area contributed by atoms with E-state index in [9.17, 15) is 9.59 Å². The molecule has 0 bridgehead atoms. The van der Waals surface area contributed by atoms with Crippen molar-refractivity contribution in [1.82, 2.24) is 10.9 Å². The van der Waals surface area contributed by atoms with Gasteiger partial charge in [0.25, 0.3) is 11.8 Å². The lowest BCUT2D eigenvalue weighted by molar-refractivity contribution is -0.130. The van der Waals surface area contributed by atoms with Crippen LogP contribution in [0.3, 0.4) is 0 Å². The summed E-state index contributed by atoms with van der Waals surface area (Å²) in [4.78, 5) is 23.7. The van der Waals surface area contributed by atoms with Crippen LogP contribution in [0.5, 0.6) is 5.75 Å². The van der Waals surface area contributed by atoms with Crippen LogP contribution in [-0.4, -0.2) is 31.1 Å². The van der Waals surface area contributed by atoms with Crippen LogP contribution in [0.4, 0.5) is 0 Å². The van der Waals surface area contributed by atoms with Crippen LogP contribution in [0.25, 0.3) is 0 Å². The lowest BCUT2D eigenvalue weighted by Gasteiger charge is -2.12. The normalized spacial score (nSPS) is 17.1. The van der Waals surface area contributed by atoms with E-state index in [0.717, 1.165) is 18.6 Å². The summed E-state index contributed by atoms with van der Waals surface area (Å²) in [6.45, 7) is 5.52. The first kappa shape index (κ1) is 17.3. The van der Waals surface area contributed by atoms with Gasteiger partial charge in [-0.05, 0) is 49.4 Å². The standard InChI is InChI=1S/C17H24N2O4/c1-12(2)9-11-22-14-7-5-13(6-8-14)16(20)18-19-17(21)15-4-3-10-23-15/h5-8,12,15H,3-4,9-11H2,1-2H3,(H,18,20)(H,19,21). The maximum absolute atomic E-state index is 12.0. The minimum absolute atomic E-state index is 0.315. The number of hydrazine groups is 1. The summed E-state index contributed by atoms with van der Waals surface area (Å²) in [7, 11) is 0. The third-order valence-electron chi connectivity index (χ3n) is 3.60. The summed E-state index contributed by atoms with van der Waals surface area (Å²) >= 11 is 0. The molecule has 2 rings (SSSR count). The van der Waals surface area contributed by atoms with E-state index < -0.39 is 6.10 Å². The molecule has 1 atom stereocenters. The van der Waals surface area contributed by atoms with Gasteiger partial charge in [-0.2, -0.15) is 0 Å². The number of nitrogens with one attached hydrogen (secondary N) is 2. The Morgan fingerprint density at radius 2 is 2.00 bits per heavy atom. The molecule has 1 saturated heterocycles. The van der Waals surface area contributed by atoms with E-state index in [1.807, 2.05) is 0 Å². The Kier molecular flexibility index (Phi) is 6.40. The molecular weight excluding hydrogens is 296 g/mol. The number of ether oxygens (including phenoxy) is 2. The number of amides is 2. The lowest BCUT2D eigenvalue weighted by atomic mass is 10.1. The second-order valence-electron chi connectivity index (χ2n) is 6.00. The highest BCUT2D eigenvalue weighted by Crippen LogP contribution is 2.14. The number of hydrogen-bond acceptors (Lipinski definition) is 4. The fourth-order valence-corrected chi connectivity index (χ4v) is 2.17. The van der Waals surface area contributed by atoms with Crippen LogP contribution in [0.2, 0.25) is 0 Å². The molecule has 1 heterocycles. The predicted molar refractivity (Wildman–Crippen MR) is 86.0 cm³/mol. The molecule has 0 aliphatic carbocycles. The molecule has 0 saturated carbocycles. The van der Waals surface area contributed by atoms with Crippen LogP contribution in [-0.2, 0) is 9.53 Å². The van der Waals surface area contributed by atoms with Gasteiger partial charge in [0.05, 0.1) is 6.61 Å². The summed E-state index contributed by atoms with van der Waals surface area (Å²) in [5.41, 5.74) is 5.24. The van der Waals surface area contributed by atoms with E-state index in [2.05, 4.69) is 24.7 Å². The summed E-state index contributed by atoms with van der Waals surface area (Å²) in [5, 5.41) is 0. The Morgan fingerprint density at radius 1 is 1.26 bits per heavy atom. The van der Waals surface area contributed by atoms with Crippen LogP contribution >= 0.6 is 0 Å². The molecule has 1 unspecified atom stereocenters. The third-order valence-corrected chi connectivity index (χ3v) is 3.60. The van der Waals surface area contributed by atoms with Crippen LogP contribution in [0.1, 0.15) is 43.5 Å². The van der Waals surface area contributed by atoms with Crippen molar-refractivity contribution in [2.24, 2.45) is 5.92 Å². The molecule has 126 valence electrons. The number of benzene rings is 1. The highest BCUT2D eigenvalue weighted by Gasteiger charge is 2.23. The van der Waals surface area contributed by atoms with Gasteiger partial charge in [-0.15, -0.1) is 0 Å². The Bertz CT molecular complexity index is 522. The van der Waals surface area contributed by atoms with Crippen LogP contribution in [0.15, 0.2) is 24.3 Å². The topological polar surface area (TPSA) is 76.7 Å². The molecule has 1 aromatic carbocycles. The number of rotatable bonds is 6. The molecule has 0 spiro atoms. The van der Waals surface area contributed by atoms with Crippen molar-refractivity contribution in [2.45, 2.75) is 39.2 Å². The van der Waals surface area contributed by atoms with Gasteiger partial charge in [-0.25, -0.2) is 0 Å². The van der Waals surface area contributed by atoms with Gasteiger partial charge in [-0.3, -0.25) is 20.4 Å². The summed E-state index contributed by atoms with van der Waals surface area (Å²) < 4.78 is 10.8. The molecule has 6 heteroatoms. The zero-order valence-corrected chi connectivity index (χ0v) is 13.6. The van der Waals surface area contributed by atoms with Crippen molar-refractivity contribution in [3.8, 4) is 5.75 Å². The minimum Gasteiger partial charge on any atom is -0.494 e. The molecule has 6 nitrogen and oxygen atoms in total. The van der Waals surface area contributed by atoms with Crippen molar-refractivity contribution in [2.75, 3.05) is 13.2 Å². The monoisotopic (exact) mass is 320 g/mol. The zero-order valence-electron chi connectivity index (χ0n) is 13.6. The highest BCUT2D eigenvalue weighted by atomic mass is 16.5. The van der Waals surface area contributed by atoms with E-state index in [1.54, 1.807) is 24.3 Å². The Labute approximate surface area is 136 Å². The van der Waals surface area contributed by atoms with Crippen molar-refractivity contribution in [3.63, 3.8) is 0 Å². The molecule has 1 aliphatic rings. The predicted octanol–water partition coefficient (Wildman–Crippen LogP) is 2.05. The molecule has 23 heavy (non-hydrogen) atoms. The fourth-order valence-electron chi connectivity index (χ4n) is 2.17. The van der Waals surface area contributed by atoms with Gasteiger partial charge < -0.3 is 9.47 Å². The van der Waals surface area contributed by atoms with Gasteiger partial charge in [0.2, 0.25) is 0 Å². The Hall–Kier alpha value is -2.08. The van der Waals surface area contributed by atoms with Crippen molar-refractivity contribution < 1.29 is 19.1 Å². The molecule has 0 radical (unpaired) electrons. The molecular formula is C17H24N2O4. The average Bonchev–Trinajstić information content (AvgIpc) is 3.07. The number of hydrogen-bond donors (Lipinski definition) is 2. The fraction of sp³-hybridized carbons (Fsp3) is 0.529. The molecule has 2 N–H and O–H groups in total. The zero-order chi connectivity index (χ0) is 16.7. The highest BCUT2D eigenvalue weighted by molar-refractivity contribution is 5.95. The summed E-state index contributed by atoms with van der Waals surface area (Å²) in [6.07, 6.45) is 2.07. The van der Waals surface area contributed by atoms with Crippen molar-refractivity contribution in [1.29, 1.82) is 0 Å². The summed E-state index contributed by atoms with van der Waals surface area (Å²) in [6, 6.07) is 6.82. The lowest BCUT2D eigenvalue weighted by Crippen LogP contribution is -2.46.